The Hall–Kier alpha value is -1.46. The summed E-state index contributed by atoms with van der Waals surface area (Å²) in [5.74, 6) is 0.417. The number of urea groups is 1. The third-order valence-electron chi connectivity index (χ3n) is 5.09. The van der Waals surface area contributed by atoms with Crippen LogP contribution < -0.4 is 4.74 Å². The monoisotopic (exact) mass is 384 g/mol. The molecule has 0 aliphatic carbocycles. The highest BCUT2D eigenvalue weighted by Crippen LogP contribution is 2.44. The van der Waals surface area contributed by atoms with E-state index in [0.717, 1.165) is 0 Å². The van der Waals surface area contributed by atoms with Gasteiger partial charge in [0.2, 0.25) is 0 Å². The number of hydrogen-bond acceptors (Lipinski definition) is 3. The second-order valence-corrected chi connectivity index (χ2v) is 7.43. The van der Waals surface area contributed by atoms with Gasteiger partial charge in [-0.15, -0.1) is 0 Å². The van der Waals surface area contributed by atoms with E-state index in [4.69, 9.17) is 27.9 Å². The lowest BCUT2D eigenvalue weighted by Gasteiger charge is -2.44. The van der Waals surface area contributed by atoms with Crippen molar-refractivity contribution >= 4 is 35.0 Å². The predicted octanol–water partition coefficient (Wildman–Crippen LogP) is 4.26. The molecule has 136 valence electrons. The fourth-order valence-corrected chi connectivity index (χ4v) is 4.12. The van der Waals surface area contributed by atoms with Crippen molar-refractivity contribution in [3.8, 4) is 5.75 Å². The smallest absolute Gasteiger partial charge is 0.319 e. The van der Waals surface area contributed by atoms with Crippen LogP contribution >= 0.6 is 23.2 Å². The molecule has 1 saturated heterocycles. The van der Waals surface area contributed by atoms with E-state index in [9.17, 15) is 9.59 Å². The summed E-state index contributed by atoms with van der Waals surface area (Å²) in [6, 6.07) is 3.25. The number of hydrogen-bond donors (Lipinski definition) is 0. The Morgan fingerprint density at radius 2 is 1.88 bits per heavy atom. The number of amides is 2. The van der Waals surface area contributed by atoms with E-state index in [1.54, 1.807) is 17.0 Å². The summed E-state index contributed by atoms with van der Waals surface area (Å²) in [7, 11) is 0. The minimum atomic E-state index is -0.582. The lowest BCUT2D eigenvalue weighted by molar-refractivity contribution is -0.00344. The Labute approximate surface area is 157 Å². The third kappa shape index (κ3) is 3.44. The zero-order valence-corrected chi connectivity index (χ0v) is 16.0. The molecule has 1 aromatic rings. The van der Waals surface area contributed by atoms with Gasteiger partial charge >= 0.3 is 6.03 Å². The first-order chi connectivity index (χ1) is 11.9. The first kappa shape index (κ1) is 18.3. The first-order valence-electron chi connectivity index (χ1n) is 8.64. The molecule has 0 bridgehead atoms. The van der Waals surface area contributed by atoms with Crippen molar-refractivity contribution in [1.29, 1.82) is 0 Å². The van der Waals surface area contributed by atoms with Crippen LogP contribution in [0.25, 0.3) is 0 Å². The van der Waals surface area contributed by atoms with Gasteiger partial charge in [-0.25, -0.2) is 4.79 Å². The Bertz CT molecular complexity index is 696. The molecule has 1 aromatic carbocycles. The number of fused-ring (bicyclic) bond motifs is 1. The lowest BCUT2D eigenvalue weighted by Crippen LogP contribution is -2.54. The summed E-state index contributed by atoms with van der Waals surface area (Å²) in [4.78, 5) is 28.7. The molecular formula is C18H22Cl2N2O3. The van der Waals surface area contributed by atoms with Gasteiger partial charge in [-0.2, -0.15) is 0 Å². The number of Topliss-reactive ketones (excluding diaryl/α,β-unsaturated/α-hetero) is 1. The molecule has 2 heterocycles. The van der Waals surface area contributed by atoms with Gasteiger partial charge in [-0.05, 0) is 26.0 Å². The number of piperidine rings is 1. The van der Waals surface area contributed by atoms with Crippen LogP contribution in [0.2, 0.25) is 10.0 Å². The van der Waals surface area contributed by atoms with Crippen LogP contribution in [0.1, 0.15) is 43.5 Å². The molecule has 0 radical (unpaired) electrons. The largest absolute Gasteiger partial charge is 0.484 e. The van der Waals surface area contributed by atoms with Gasteiger partial charge in [0.05, 0.1) is 17.0 Å². The van der Waals surface area contributed by atoms with E-state index in [1.807, 2.05) is 18.7 Å². The topological polar surface area (TPSA) is 49.9 Å². The van der Waals surface area contributed by atoms with Crippen LogP contribution in [0.5, 0.6) is 5.75 Å². The molecule has 2 aliphatic heterocycles. The molecule has 0 unspecified atom stereocenters. The highest BCUT2D eigenvalue weighted by molar-refractivity contribution is 6.36. The maximum absolute atomic E-state index is 12.6. The van der Waals surface area contributed by atoms with Gasteiger partial charge in [-0.3, -0.25) is 4.79 Å². The van der Waals surface area contributed by atoms with Gasteiger partial charge in [0.1, 0.15) is 11.4 Å². The van der Waals surface area contributed by atoms with E-state index in [1.165, 1.54) is 0 Å². The van der Waals surface area contributed by atoms with Gasteiger partial charge in [0.25, 0.3) is 0 Å². The Morgan fingerprint density at radius 1 is 1.24 bits per heavy atom. The maximum Gasteiger partial charge on any atom is 0.319 e. The molecule has 5 nitrogen and oxygen atoms in total. The number of carbonyl (C=O) groups is 2. The van der Waals surface area contributed by atoms with Crippen LogP contribution in [0, 0.1) is 0 Å². The lowest BCUT2D eigenvalue weighted by atomic mass is 9.82. The van der Waals surface area contributed by atoms with E-state index in [0.29, 0.717) is 66.8 Å². The van der Waals surface area contributed by atoms with E-state index in [2.05, 4.69) is 0 Å². The summed E-state index contributed by atoms with van der Waals surface area (Å²) < 4.78 is 6.19. The minimum absolute atomic E-state index is 0.00540. The summed E-state index contributed by atoms with van der Waals surface area (Å²) in [5, 5.41) is 0.785. The van der Waals surface area contributed by atoms with E-state index in [-0.39, 0.29) is 11.8 Å². The fourth-order valence-electron chi connectivity index (χ4n) is 3.59. The summed E-state index contributed by atoms with van der Waals surface area (Å²) in [5.41, 5.74) is -0.133. The average molecular weight is 385 g/mol. The van der Waals surface area contributed by atoms with E-state index < -0.39 is 5.60 Å². The van der Waals surface area contributed by atoms with Crippen molar-refractivity contribution < 1.29 is 14.3 Å². The zero-order valence-electron chi connectivity index (χ0n) is 14.5. The maximum atomic E-state index is 12.6. The van der Waals surface area contributed by atoms with Crippen molar-refractivity contribution in [3.05, 3.63) is 27.7 Å². The quantitative estimate of drug-likeness (QED) is 0.765. The van der Waals surface area contributed by atoms with Crippen LogP contribution in [-0.2, 0) is 0 Å². The fraction of sp³-hybridized carbons (Fsp3) is 0.556. The van der Waals surface area contributed by atoms with Gasteiger partial charge in [0, 0.05) is 44.0 Å². The summed E-state index contributed by atoms with van der Waals surface area (Å²) in [6.07, 6.45) is 1.53. The molecule has 0 atom stereocenters. The molecule has 0 aromatic heterocycles. The molecule has 1 spiro atoms. The van der Waals surface area contributed by atoms with Crippen molar-refractivity contribution in [3.63, 3.8) is 0 Å². The number of rotatable bonds is 2. The highest BCUT2D eigenvalue weighted by atomic mass is 35.5. The van der Waals surface area contributed by atoms with Crippen molar-refractivity contribution in [2.45, 2.75) is 38.7 Å². The second-order valence-electron chi connectivity index (χ2n) is 6.59. The average Bonchev–Trinajstić information content (AvgIpc) is 2.58. The molecule has 7 heteroatoms. The normalized spacial score (nSPS) is 18.7. The van der Waals surface area contributed by atoms with Gasteiger partial charge in [0.15, 0.2) is 5.78 Å². The molecule has 3 rings (SSSR count). The molecule has 1 fully saturated rings. The Morgan fingerprint density at radius 3 is 2.48 bits per heavy atom. The van der Waals surface area contributed by atoms with Crippen molar-refractivity contribution in [2.24, 2.45) is 0 Å². The first-order valence-corrected chi connectivity index (χ1v) is 9.40. The van der Waals surface area contributed by atoms with Crippen LogP contribution in [-0.4, -0.2) is 53.4 Å². The number of carbonyl (C=O) groups excluding carboxylic acids is 2. The van der Waals surface area contributed by atoms with E-state index >= 15 is 0 Å². The number of benzene rings is 1. The number of halogens is 2. The molecule has 0 N–H and O–H groups in total. The SMILES string of the molecule is CCN(CC)C(=O)N1CCC2(CC1)CC(=O)c1cc(Cl)cc(Cl)c1O2. The molecule has 2 amide bonds. The van der Waals surface area contributed by atoms with Crippen LogP contribution in [0.3, 0.4) is 0 Å². The zero-order chi connectivity index (χ0) is 18.2. The summed E-state index contributed by atoms with van der Waals surface area (Å²) >= 11 is 12.2. The van der Waals surface area contributed by atoms with Crippen LogP contribution in [0.4, 0.5) is 4.79 Å². The number of nitrogens with zero attached hydrogens (tertiary/aromatic N) is 2. The third-order valence-corrected chi connectivity index (χ3v) is 5.59. The standard InChI is InChI=1S/C18H22Cl2N2O3/c1-3-21(4-2)17(24)22-7-5-18(6-8-22)11-15(23)13-9-12(19)10-14(20)16(13)25-18/h9-10H,3-8,11H2,1-2H3. The number of likely N-dealkylation sites (tertiary alicyclic amines) is 1. The Kier molecular flexibility index (Phi) is 5.16. The van der Waals surface area contributed by atoms with Crippen LogP contribution in [0.15, 0.2) is 12.1 Å². The molecule has 25 heavy (non-hydrogen) atoms. The molecule has 2 aliphatic rings. The number of ketones is 1. The Balaban J connectivity index is 1.76. The van der Waals surface area contributed by atoms with Crippen molar-refractivity contribution in [2.75, 3.05) is 26.2 Å². The van der Waals surface area contributed by atoms with Gasteiger partial charge < -0.3 is 14.5 Å². The second kappa shape index (κ2) is 7.04. The minimum Gasteiger partial charge on any atom is -0.484 e. The molecule has 0 saturated carbocycles. The van der Waals surface area contributed by atoms with Crippen molar-refractivity contribution in [1.82, 2.24) is 9.80 Å². The predicted molar refractivity (Wildman–Crippen MR) is 97.9 cm³/mol. The highest BCUT2D eigenvalue weighted by Gasteiger charge is 2.44. The molecular weight excluding hydrogens is 363 g/mol. The number of ether oxygens (including phenoxy) is 1. The van der Waals surface area contributed by atoms with Gasteiger partial charge in [-0.1, -0.05) is 23.2 Å². The summed E-state index contributed by atoms with van der Waals surface area (Å²) in [6.45, 7) is 6.47.